The Labute approximate surface area is 97.4 Å². The van der Waals surface area contributed by atoms with Crippen LogP contribution in [0.4, 0.5) is 4.79 Å². The summed E-state index contributed by atoms with van der Waals surface area (Å²) in [4.78, 5) is 22.5. The van der Waals surface area contributed by atoms with Crippen LogP contribution in [0.15, 0.2) is 0 Å². The van der Waals surface area contributed by atoms with Gasteiger partial charge in [0.2, 0.25) is 5.91 Å². The molecule has 0 aromatic heterocycles. The largest absolute Gasteiger partial charge is 0.350 e. The Morgan fingerprint density at radius 2 is 1.75 bits per heavy atom. The molecule has 0 aliphatic rings. The number of carbonyl (C=O) groups excluding carboxylic acids is 2. The molecule has 0 radical (unpaired) electrons. The quantitative estimate of drug-likeness (QED) is 0.615. The molecule has 0 saturated heterocycles. The number of hydrogen-bond donors (Lipinski definition) is 3. The van der Waals surface area contributed by atoms with Gasteiger partial charge < -0.3 is 16.0 Å². The van der Waals surface area contributed by atoms with Crippen LogP contribution in [-0.4, -0.2) is 30.6 Å². The van der Waals surface area contributed by atoms with Crippen LogP contribution in [0.1, 0.15) is 40.5 Å². The summed E-state index contributed by atoms with van der Waals surface area (Å²) in [5, 5.41) is 7.93. The molecular weight excluding hydrogens is 206 g/mol. The number of rotatable bonds is 5. The highest BCUT2D eigenvalue weighted by molar-refractivity contribution is 5.84. The molecule has 0 saturated carbocycles. The van der Waals surface area contributed by atoms with E-state index in [1.54, 1.807) is 0 Å². The van der Waals surface area contributed by atoms with E-state index in [9.17, 15) is 9.59 Å². The average Bonchev–Trinajstić information content (AvgIpc) is 2.12. The fourth-order valence-electron chi connectivity index (χ4n) is 1.06. The summed E-state index contributed by atoms with van der Waals surface area (Å²) in [6.07, 6.45) is 1.98. The van der Waals surface area contributed by atoms with Gasteiger partial charge in [-0.3, -0.25) is 4.79 Å². The van der Waals surface area contributed by atoms with Crippen molar-refractivity contribution in [3.8, 4) is 0 Å². The van der Waals surface area contributed by atoms with Crippen molar-refractivity contribution in [2.45, 2.75) is 46.1 Å². The number of nitrogens with one attached hydrogen (secondary N) is 3. The molecule has 0 aromatic carbocycles. The zero-order valence-electron chi connectivity index (χ0n) is 10.6. The molecule has 0 heterocycles. The van der Waals surface area contributed by atoms with E-state index < -0.39 is 0 Å². The molecule has 3 amide bonds. The summed E-state index contributed by atoms with van der Waals surface area (Å²) in [6.45, 7) is 8.39. The van der Waals surface area contributed by atoms with E-state index in [0.29, 0.717) is 6.54 Å². The second-order valence-electron chi connectivity index (χ2n) is 4.76. The average molecular weight is 229 g/mol. The van der Waals surface area contributed by atoms with E-state index in [1.807, 2.05) is 20.8 Å². The highest BCUT2D eigenvalue weighted by Gasteiger charge is 2.13. The van der Waals surface area contributed by atoms with E-state index in [0.717, 1.165) is 12.8 Å². The van der Waals surface area contributed by atoms with Crippen LogP contribution in [0.3, 0.4) is 0 Å². The fourth-order valence-corrected chi connectivity index (χ4v) is 1.06. The maximum Gasteiger partial charge on any atom is 0.315 e. The van der Waals surface area contributed by atoms with E-state index in [2.05, 4.69) is 22.9 Å². The molecule has 0 spiro atoms. The van der Waals surface area contributed by atoms with Crippen LogP contribution in [0.5, 0.6) is 0 Å². The molecule has 0 aliphatic carbocycles. The first-order valence-corrected chi connectivity index (χ1v) is 5.68. The van der Waals surface area contributed by atoms with Gasteiger partial charge in [-0.1, -0.05) is 13.3 Å². The minimum absolute atomic E-state index is 0.00916. The van der Waals surface area contributed by atoms with Crippen molar-refractivity contribution in [2.75, 3.05) is 13.1 Å². The van der Waals surface area contributed by atoms with Gasteiger partial charge in [0.25, 0.3) is 0 Å². The lowest BCUT2D eigenvalue weighted by atomic mass is 10.1. The van der Waals surface area contributed by atoms with E-state index in [4.69, 9.17) is 0 Å². The van der Waals surface area contributed by atoms with Gasteiger partial charge in [0.15, 0.2) is 0 Å². The lowest BCUT2D eigenvalue weighted by Gasteiger charge is -2.20. The third-order valence-corrected chi connectivity index (χ3v) is 1.74. The molecular formula is C11H23N3O2. The minimum atomic E-state index is -0.294. The number of carbonyl (C=O) groups is 2. The second-order valence-corrected chi connectivity index (χ2v) is 4.76. The second kappa shape index (κ2) is 7.09. The van der Waals surface area contributed by atoms with Crippen LogP contribution in [0.25, 0.3) is 0 Å². The molecule has 0 aromatic rings. The maximum atomic E-state index is 11.3. The molecule has 0 atom stereocenters. The first-order chi connectivity index (χ1) is 7.35. The number of hydrogen-bond acceptors (Lipinski definition) is 2. The van der Waals surface area contributed by atoms with Gasteiger partial charge in [-0.2, -0.15) is 0 Å². The summed E-state index contributed by atoms with van der Waals surface area (Å²) in [5.41, 5.74) is -0.266. The predicted octanol–water partition coefficient (Wildman–Crippen LogP) is 1.00. The zero-order valence-corrected chi connectivity index (χ0v) is 10.6. The number of amides is 3. The SMILES string of the molecule is CCCCNC(=O)NCC(=O)NC(C)(C)C. The highest BCUT2D eigenvalue weighted by Crippen LogP contribution is 1.96. The first kappa shape index (κ1) is 14.7. The van der Waals surface area contributed by atoms with Gasteiger partial charge in [0.1, 0.15) is 0 Å². The first-order valence-electron chi connectivity index (χ1n) is 5.68. The molecule has 0 bridgehead atoms. The molecule has 5 nitrogen and oxygen atoms in total. The summed E-state index contributed by atoms with van der Waals surface area (Å²) in [5.74, 6) is -0.182. The number of urea groups is 1. The Hall–Kier alpha value is -1.26. The lowest BCUT2D eigenvalue weighted by molar-refractivity contribution is -0.121. The van der Waals surface area contributed by atoms with Crippen LogP contribution in [-0.2, 0) is 4.79 Å². The minimum Gasteiger partial charge on any atom is -0.350 e. The van der Waals surface area contributed by atoms with Gasteiger partial charge in [-0.15, -0.1) is 0 Å². The summed E-state index contributed by atoms with van der Waals surface area (Å²) in [7, 11) is 0. The standard InChI is InChI=1S/C11H23N3O2/c1-5-6-7-12-10(16)13-8-9(15)14-11(2,3)4/h5-8H2,1-4H3,(H,14,15)(H2,12,13,16). The molecule has 16 heavy (non-hydrogen) atoms. The Morgan fingerprint density at radius 3 is 2.25 bits per heavy atom. The third-order valence-electron chi connectivity index (χ3n) is 1.74. The van der Waals surface area contributed by atoms with Crippen molar-refractivity contribution in [1.29, 1.82) is 0 Å². The molecule has 0 unspecified atom stereocenters. The van der Waals surface area contributed by atoms with Crippen LogP contribution in [0.2, 0.25) is 0 Å². The maximum absolute atomic E-state index is 11.3. The Kier molecular flexibility index (Phi) is 6.53. The van der Waals surface area contributed by atoms with Gasteiger partial charge in [0, 0.05) is 12.1 Å². The van der Waals surface area contributed by atoms with Gasteiger partial charge in [-0.25, -0.2) is 4.79 Å². The molecule has 0 rings (SSSR count). The zero-order chi connectivity index (χ0) is 12.6. The van der Waals surface area contributed by atoms with Crippen LogP contribution < -0.4 is 16.0 Å². The Bertz CT molecular complexity index is 234. The van der Waals surface area contributed by atoms with Crippen molar-refractivity contribution < 1.29 is 9.59 Å². The van der Waals surface area contributed by atoms with Gasteiger partial charge in [-0.05, 0) is 27.2 Å². The normalized spacial score (nSPS) is 10.8. The summed E-state index contributed by atoms with van der Waals surface area (Å²) >= 11 is 0. The van der Waals surface area contributed by atoms with Crippen molar-refractivity contribution >= 4 is 11.9 Å². The van der Waals surface area contributed by atoms with Crippen LogP contribution in [0, 0.1) is 0 Å². The highest BCUT2D eigenvalue weighted by atomic mass is 16.2. The monoisotopic (exact) mass is 229 g/mol. The Morgan fingerprint density at radius 1 is 1.12 bits per heavy atom. The van der Waals surface area contributed by atoms with Crippen molar-refractivity contribution in [2.24, 2.45) is 0 Å². The molecule has 0 fully saturated rings. The fraction of sp³-hybridized carbons (Fsp3) is 0.818. The number of unbranched alkanes of at least 4 members (excludes halogenated alkanes) is 1. The topological polar surface area (TPSA) is 70.2 Å². The van der Waals surface area contributed by atoms with E-state index >= 15 is 0 Å². The summed E-state index contributed by atoms with van der Waals surface area (Å²) < 4.78 is 0. The van der Waals surface area contributed by atoms with E-state index in [-0.39, 0.29) is 24.0 Å². The van der Waals surface area contributed by atoms with Crippen molar-refractivity contribution in [3.05, 3.63) is 0 Å². The molecule has 5 heteroatoms. The molecule has 94 valence electrons. The van der Waals surface area contributed by atoms with Gasteiger partial charge >= 0.3 is 6.03 Å². The van der Waals surface area contributed by atoms with E-state index in [1.165, 1.54) is 0 Å². The van der Waals surface area contributed by atoms with Gasteiger partial charge in [0.05, 0.1) is 6.54 Å². The smallest absolute Gasteiger partial charge is 0.315 e. The molecule has 3 N–H and O–H groups in total. The predicted molar refractivity (Wildman–Crippen MR) is 64.2 cm³/mol. The Balaban J connectivity index is 3.63. The van der Waals surface area contributed by atoms with Crippen LogP contribution >= 0.6 is 0 Å². The lowest BCUT2D eigenvalue weighted by Crippen LogP contribution is -2.47. The summed E-state index contributed by atoms with van der Waals surface area (Å²) in [6, 6.07) is -0.294. The molecule has 0 aliphatic heterocycles. The van der Waals surface area contributed by atoms with Crippen molar-refractivity contribution in [1.82, 2.24) is 16.0 Å². The third kappa shape index (κ3) is 9.30. The van der Waals surface area contributed by atoms with Crippen molar-refractivity contribution in [3.63, 3.8) is 0 Å².